The van der Waals surface area contributed by atoms with Gasteiger partial charge < -0.3 is 14.8 Å². The summed E-state index contributed by atoms with van der Waals surface area (Å²) in [7, 11) is 0. The Morgan fingerprint density at radius 1 is 1.24 bits per heavy atom. The van der Waals surface area contributed by atoms with E-state index in [9.17, 15) is 9.59 Å². The van der Waals surface area contributed by atoms with Crippen LogP contribution in [-0.4, -0.2) is 30.7 Å². The Kier molecular flexibility index (Phi) is 4.31. The molecule has 0 radical (unpaired) electrons. The van der Waals surface area contributed by atoms with Gasteiger partial charge in [-0.05, 0) is 49.0 Å². The Morgan fingerprint density at radius 2 is 2.12 bits per heavy atom. The second-order valence-electron chi connectivity index (χ2n) is 6.73. The normalized spacial score (nSPS) is 27.7. The molecule has 1 aromatic rings. The number of rotatable bonds is 3. The van der Waals surface area contributed by atoms with Crippen LogP contribution in [-0.2, 0) is 9.59 Å². The molecule has 25 heavy (non-hydrogen) atoms. The zero-order valence-electron chi connectivity index (χ0n) is 13.8. The SMILES string of the molecule is O=C(/C=C/c1ccc2c(c1)OCO2)NC1CCC2NNC(=O)CC2C1. The van der Waals surface area contributed by atoms with Crippen molar-refractivity contribution in [3.63, 3.8) is 0 Å². The molecule has 2 aliphatic heterocycles. The summed E-state index contributed by atoms with van der Waals surface area (Å²) in [6.45, 7) is 0.236. The molecule has 2 fully saturated rings. The summed E-state index contributed by atoms with van der Waals surface area (Å²) in [6, 6.07) is 6.00. The van der Waals surface area contributed by atoms with Gasteiger partial charge >= 0.3 is 0 Å². The molecular weight excluding hydrogens is 322 g/mol. The fraction of sp³-hybridized carbons (Fsp3) is 0.444. The average molecular weight is 343 g/mol. The number of nitrogens with one attached hydrogen (secondary N) is 3. The molecular formula is C18H21N3O4. The molecule has 132 valence electrons. The van der Waals surface area contributed by atoms with Gasteiger partial charge in [0.25, 0.3) is 0 Å². The van der Waals surface area contributed by atoms with E-state index in [0.717, 1.165) is 30.6 Å². The van der Waals surface area contributed by atoms with E-state index in [2.05, 4.69) is 16.2 Å². The van der Waals surface area contributed by atoms with Crippen molar-refractivity contribution in [2.24, 2.45) is 5.92 Å². The van der Waals surface area contributed by atoms with Crippen LogP contribution in [0.5, 0.6) is 11.5 Å². The first-order chi connectivity index (χ1) is 12.2. The molecule has 7 heteroatoms. The number of carbonyl (C=O) groups excluding carboxylic acids is 2. The molecule has 3 atom stereocenters. The van der Waals surface area contributed by atoms with Gasteiger partial charge in [0.15, 0.2) is 11.5 Å². The van der Waals surface area contributed by atoms with Gasteiger partial charge in [-0.1, -0.05) is 6.07 Å². The lowest BCUT2D eigenvalue weighted by molar-refractivity contribution is -0.126. The van der Waals surface area contributed by atoms with Gasteiger partial charge in [0, 0.05) is 24.6 Å². The smallest absolute Gasteiger partial charge is 0.244 e. The molecule has 2 amide bonds. The number of benzene rings is 1. The van der Waals surface area contributed by atoms with Gasteiger partial charge in [-0.2, -0.15) is 0 Å². The standard InChI is InChI=1S/C18H21N3O4/c22-17(6-2-11-1-5-15-16(7-11)25-10-24-15)19-13-3-4-14-12(8-13)9-18(23)21-20-14/h1-2,5-7,12-14,20H,3-4,8-10H2,(H,19,22)(H,21,23)/b6-2+. The summed E-state index contributed by atoms with van der Waals surface area (Å²) in [4.78, 5) is 23.7. The summed E-state index contributed by atoms with van der Waals surface area (Å²) < 4.78 is 10.6. The van der Waals surface area contributed by atoms with E-state index in [4.69, 9.17) is 9.47 Å². The van der Waals surface area contributed by atoms with Crippen molar-refractivity contribution in [3.05, 3.63) is 29.8 Å². The van der Waals surface area contributed by atoms with Crippen molar-refractivity contribution >= 4 is 17.9 Å². The number of carbonyl (C=O) groups is 2. The molecule has 0 aromatic heterocycles. The van der Waals surface area contributed by atoms with Crippen molar-refractivity contribution in [3.8, 4) is 11.5 Å². The van der Waals surface area contributed by atoms with Gasteiger partial charge in [0.2, 0.25) is 18.6 Å². The van der Waals surface area contributed by atoms with Crippen LogP contribution in [0, 0.1) is 5.92 Å². The number of amides is 2. The highest BCUT2D eigenvalue weighted by atomic mass is 16.7. The van der Waals surface area contributed by atoms with Crippen LogP contribution in [0.25, 0.3) is 6.08 Å². The van der Waals surface area contributed by atoms with Crippen molar-refractivity contribution in [2.75, 3.05) is 6.79 Å². The first kappa shape index (κ1) is 16.0. The van der Waals surface area contributed by atoms with Gasteiger partial charge in [-0.25, -0.2) is 5.43 Å². The first-order valence-electron chi connectivity index (χ1n) is 8.60. The van der Waals surface area contributed by atoms with Crippen molar-refractivity contribution in [2.45, 2.75) is 37.8 Å². The summed E-state index contributed by atoms with van der Waals surface area (Å²) in [5.74, 6) is 1.61. The summed E-state index contributed by atoms with van der Waals surface area (Å²) >= 11 is 0. The predicted octanol–water partition coefficient (Wildman–Crippen LogP) is 1.11. The van der Waals surface area contributed by atoms with Gasteiger partial charge in [-0.3, -0.25) is 15.0 Å². The fourth-order valence-electron chi connectivity index (χ4n) is 3.71. The summed E-state index contributed by atoms with van der Waals surface area (Å²) in [5.41, 5.74) is 6.64. The molecule has 0 bridgehead atoms. The fourth-order valence-corrected chi connectivity index (χ4v) is 3.71. The van der Waals surface area contributed by atoms with E-state index in [1.807, 2.05) is 18.2 Å². The highest BCUT2D eigenvalue weighted by molar-refractivity contribution is 5.92. The van der Waals surface area contributed by atoms with E-state index in [1.165, 1.54) is 6.08 Å². The number of hydrazine groups is 1. The topological polar surface area (TPSA) is 88.7 Å². The van der Waals surface area contributed by atoms with Crippen LogP contribution in [0.1, 0.15) is 31.2 Å². The third-order valence-electron chi connectivity index (χ3n) is 5.00. The van der Waals surface area contributed by atoms with Crippen molar-refractivity contribution < 1.29 is 19.1 Å². The quantitative estimate of drug-likeness (QED) is 0.716. The zero-order chi connectivity index (χ0) is 17.2. The average Bonchev–Trinajstić information content (AvgIpc) is 3.07. The Labute approximate surface area is 145 Å². The molecule has 3 unspecified atom stereocenters. The van der Waals surface area contributed by atoms with Crippen molar-refractivity contribution in [1.29, 1.82) is 0 Å². The van der Waals surface area contributed by atoms with Crippen LogP contribution in [0.15, 0.2) is 24.3 Å². The lowest BCUT2D eigenvalue weighted by Crippen LogP contribution is -2.57. The molecule has 0 spiro atoms. The predicted molar refractivity (Wildman–Crippen MR) is 90.6 cm³/mol. The van der Waals surface area contributed by atoms with E-state index in [0.29, 0.717) is 18.2 Å². The summed E-state index contributed by atoms with van der Waals surface area (Å²) in [5, 5.41) is 3.05. The van der Waals surface area contributed by atoms with Crippen LogP contribution in [0.4, 0.5) is 0 Å². The highest BCUT2D eigenvalue weighted by Gasteiger charge is 2.35. The molecule has 4 rings (SSSR count). The van der Waals surface area contributed by atoms with Crippen LogP contribution in [0.3, 0.4) is 0 Å². The molecule has 1 saturated heterocycles. The van der Waals surface area contributed by atoms with Crippen LogP contribution in [0.2, 0.25) is 0 Å². The van der Waals surface area contributed by atoms with Crippen molar-refractivity contribution in [1.82, 2.24) is 16.2 Å². The van der Waals surface area contributed by atoms with E-state index < -0.39 is 0 Å². The minimum Gasteiger partial charge on any atom is -0.454 e. The third kappa shape index (κ3) is 3.61. The third-order valence-corrected chi connectivity index (χ3v) is 5.00. The molecule has 1 aliphatic carbocycles. The molecule has 2 heterocycles. The Balaban J connectivity index is 1.32. The van der Waals surface area contributed by atoms with Gasteiger partial charge in [0.05, 0.1) is 0 Å². The first-order valence-corrected chi connectivity index (χ1v) is 8.60. The zero-order valence-corrected chi connectivity index (χ0v) is 13.8. The second kappa shape index (κ2) is 6.76. The highest BCUT2D eigenvalue weighted by Crippen LogP contribution is 2.33. The largest absolute Gasteiger partial charge is 0.454 e. The van der Waals surface area contributed by atoms with E-state index >= 15 is 0 Å². The Bertz CT molecular complexity index is 718. The molecule has 7 nitrogen and oxygen atoms in total. The molecule has 3 aliphatic rings. The summed E-state index contributed by atoms with van der Waals surface area (Å²) in [6.07, 6.45) is 6.51. The minimum atomic E-state index is -0.116. The maximum Gasteiger partial charge on any atom is 0.244 e. The number of hydrogen-bond acceptors (Lipinski definition) is 5. The number of fused-ring (bicyclic) bond motifs is 2. The lowest BCUT2D eigenvalue weighted by Gasteiger charge is -2.39. The van der Waals surface area contributed by atoms with Gasteiger partial charge in [-0.15, -0.1) is 0 Å². The minimum absolute atomic E-state index is 0.0240. The van der Waals surface area contributed by atoms with Crippen LogP contribution < -0.4 is 25.6 Å². The molecule has 1 saturated carbocycles. The maximum absolute atomic E-state index is 12.2. The number of ether oxygens (including phenoxy) is 2. The Morgan fingerprint density at radius 3 is 3.04 bits per heavy atom. The second-order valence-corrected chi connectivity index (χ2v) is 6.73. The van der Waals surface area contributed by atoms with Crippen LogP contribution >= 0.6 is 0 Å². The lowest BCUT2D eigenvalue weighted by atomic mass is 9.79. The monoisotopic (exact) mass is 343 g/mol. The van der Waals surface area contributed by atoms with E-state index in [1.54, 1.807) is 6.08 Å². The Hall–Kier alpha value is -2.54. The molecule has 1 aromatic carbocycles. The van der Waals surface area contributed by atoms with E-state index in [-0.39, 0.29) is 30.6 Å². The van der Waals surface area contributed by atoms with Gasteiger partial charge in [0.1, 0.15) is 0 Å². The molecule has 3 N–H and O–H groups in total. The number of hydrogen-bond donors (Lipinski definition) is 3. The maximum atomic E-state index is 12.2.